The van der Waals surface area contributed by atoms with E-state index in [-0.39, 0.29) is 11.4 Å². The molecule has 3 heterocycles. The van der Waals surface area contributed by atoms with E-state index in [2.05, 4.69) is 82.2 Å². The highest BCUT2D eigenvalue weighted by molar-refractivity contribution is 5.84. The third kappa shape index (κ3) is 5.03. The fraction of sp³-hybridized carbons (Fsp3) is 0.500. The Hall–Kier alpha value is -2.63. The monoisotopic (exact) mass is 472 g/mol. The van der Waals surface area contributed by atoms with Crippen LogP contribution in [0.2, 0.25) is 0 Å². The molecule has 0 saturated carbocycles. The summed E-state index contributed by atoms with van der Waals surface area (Å²) in [5.41, 5.74) is 4.17. The van der Waals surface area contributed by atoms with E-state index < -0.39 is 0 Å². The van der Waals surface area contributed by atoms with Crippen molar-refractivity contribution >= 4 is 16.8 Å². The molecule has 1 aromatic heterocycles. The van der Waals surface area contributed by atoms with Crippen LogP contribution in [-0.4, -0.2) is 71.5 Å². The lowest BCUT2D eigenvalue weighted by molar-refractivity contribution is -0.130. The Labute approximate surface area is 210 Å². The summed E-state index contributed by atoms with van der Waals surface area (Å²) < 4.78 is 2.16. The Balaban J connectivity index is 1.13. The standard InChI is InChI=1S/C30H40N4O/c1-31(29(35)15-14-25-24-32(2)28-13-7-6-12-27(25)28)22-23-33-20-16-30(17-21-33,34-18-8-9-19-34)26-10-4-3-5-11-26/h3-7,10-13,24H,8-9,14-23H2,1-2H3. The van der Waals surface area contributed by atoms with E-state index in [1.165, 1.54) is 60.8 Å². The zero-order valence-corrected chi connectivity index (χ0v) is 21.5. The third-order valence-electron chi connectivity index (χ3n) is 8.47. The third-order valence-corrected chi connectivity index (χ3v) is 8.47. The molecule has 2 aromatic carbocycles. The van der Waals surface area contributed by atoms with Gasteiger partial charge in [0.25, 0.3) is 0 Å². The molecule has 2 aliphatic heterocycles. The van der Waals surface area contributed by atoms with Gasteiger partial charge in [0.1, 0.15) is 0 Å². The Kier molecular flexibility index (Phi) is 7.26. The number of rotatable bonds is 8. The maximum absolute atomic E-state index is 12.9. The number of likely N-dealkylation sites (tertiary alicyclic amines) is 2. The Morgan fingerprint density at radius 3 is 2.37 bits per heavy atom. The SMILES string of the molecule is CN(CCN1CCC(c2ccccc2)(N2CCCC2)CC1)C(=O)CCc1cn(C)c2ccccc12. The number of piperidine rings is 1. The Morgan fingerprint density at radius 1 is 0.943 bits per heavy atom. The first-order valence-corrected chi connectivity index (χ1v) is 13.4. The molecular formula is C30H40N4O. The van der Waals surface area contributed by atoms with Gasteiger partial charge in [-0.1, -0.05) is 48.5 Å². The molecule has 0 spiro atoms. The van der Waals surface area contributed by atoms with Crippen LogP contribution < -0.4 is 0 Å². The van der Waals surface area contributed by atoms with E-state index in [1.807, 2.05) is 11.9 Å². The van der Waals surface area contributed by atoms with Crippen molar-refractivity contribution in [1.29, 1.82) is 0 Å². The molecule has 0 atom stereocenters. The van der Waals surface area contributed by atoms with Crippen molar-refractivity contribution in [3.63, 3.8) is 0 Å². The Bertz CT molecular complexity index is 1120. The molecule has 3 aromatic rings. The molecule has 0 radical (unpaired) electrons. The van der Waals surface area contributed by atoms with E-state index in [0.717, 1.165) is 32.6 Å². The van der Waals surface area contributed by atoms with Gasteiger partial charge in [0.2, 0.25) is 5.91 Å². The number of hydrogen-bond acceptors (Lipinski definition) is 3. The normalized spacial score (nSPS) is 18.8. The van der Waals surface area contributed by atoms with Gasteiger partial charge in [-0.05, 0) is 62.4 Å². The molecule has 35 heavy (non-hydrogen) atoms. The highest BCUT2D eigenvalue weighted by Crippen LogP contribution is 2.40. The van der Waals surface area contributed by atoms with Gasteiger partial charge in [-0.15, -0.1) is 0 Å². The van der Waals surface area contributed by atoms with Crippen LogP contribution in [0, 0.1) is 0 Å². The summed E-state index contributed by atoms with van der Waals surface area (Å²) in [7, 11) is 4.04. The van der Waals surface area contributed by atoms with Crippen LogP contribution in [0.25, 0.3) is 10.9 Å². The van der Waals surface area contributed by atoms with E-state index in [9.17, 15) is 4.79 Å². The van der Waals surface area contributed by atoms with E-state index in [1.54, 1.807) is 0 Å². The number of amides is 1. The number of carbonyl (C=O) groups excluding carboxylic acids is 1. The average molecular weight is 473 g/mol. The zero-order valence-electron chi connectivity index (χ0n) is 21.5. The predicted octanol–water partition coefficient (Wildman–Crippen LogP) is 4.66. The molecule has 2 saturated heterocycles. The minimum atomic E-state index is 0.189. The summed E-state index contributed by atoms with van der Waals surface area (Å²) in [6.07, 6.45) is 8.53. The van der Waals surface area contributed by atoms with Gasteiger partial charge in [-0.25, -0.2) is 0 Å². The van der Waals surface area contributed by atoms with Crippen LogP contribution in [0.1, 0.15) is 43.2 Å². The fourth-order valence-corrected chi connectivity index (χ4v) is 6.30. The zero-order chi connectivity index (χ0) is 24.3. The topological polar surface area (TPSA) is 31.7 Å². The van der Waals surface area contributed by atoms with Gasteiger partial charge in [-0.2, -0.15) is 0 Å². The van der Waals surface area contributed by atoms with Crippen molar-refractivity contribution < 1.29 is 4.79 Å². The lowest BCUT2D eigenvalue weighted by Crippen LogP contribution is -2.53. The quantitative estimate of drug-likeness (QED) is 0.478. The second kappa shape index (κ2) is 10.5. The molecule has 2 aliphatic rings. The minimum Gasteiger partial charge on any atom is -0.350 e. The molecule has 5 rings (SSSR count). The second-order valence-electron chi connectivity index (χ2n) is 10.5. The molecule has 5 heteroatoms. The maximum atomic E-state index is 12.9. The van der Waals surface area contributed by atoms with Crippen LogP contribution in [0.4, 0.5) is 0 Å². The van der Waals surface area contributed by atoms with Gasteiger partial charge < -0.3 is 14.4 Å². The first kappa shape index (κ1) is 24.1. The van der Waals surface area contributed by atoms with Crippen LogP contribution in [0.3, 0.4) is 0 Å². The van der Waals surface area contributed by atoms with Gasteiger partial charge in [0, 0.05) is 69.3 Å². The number of likely N-dealkylation sites (N-methyl/N-ethyl adjacent to an activating group) is 1. The highest BCUT2D eigenvalue weighted by atomic mass is 16.2. The summed E-state index contributed by atoms with van der Waals surface area (Å²) in [5, 5.41) is 1.26. The van der Waals surface area contributed by atoms with Crippen molar-refractivity contribution in [3.05, 3.63) is 71.9 Å². The summed E-state index contributed by atoms with van der Waals surface area (Å²) in [6.45, 7) is 6.41. The lowest BCUT2D eigenvalue weighted by Gasteiger charge is -2.48. The first-order chi connectivity index (χ1) is 17.1. The molecule has 5 nitrogen and oxygen atoms in total. The number of nitrogens with zero attached hydrogens (tertiary/aromatic N) is 4. The van der Waals surface area contributed by atoms with Crippen LogP contribution in [-0.2, 0) is 23.8 Å². The fourth-order valence-electron chi connectivity index (χ4n) is 6.30. The number of hydrogen-bond donors (Lipinski definition) is 0. The van der Waals surface area contributed by atoms with E-state index in [4.69, 9.17) is 0 Å². The minimum absolute atomic E-state index is 0.189. The molecule has 0 unspecified atom stereocenters. The number of aromatic nitrogens is 1. The number of benzene rings is 2. The summed E-state index contributed by atoms with van der Waals surface area (Å²) in [6, 6.07) is 19.6. The molecule has 2 fully saturated rings. The van der Waals surface area contributed by atoms with Crippen molar-refractivity contribution in [2.75, 3.05) is 46.3 Å². The average Bonchev–Trinajstić information content (AvgIpc) is 3.56. The summed E-state index contributed by atoms with van der Waals surface area (Å²) in [5.74, 6) is 0.241. The predicted molar refractivity (Wildman–Crippen MR) is 143 cm³/mol. The number of aryl methyl sites for hydroxylation is 2. The highest BCUT2D eigenvalue weighted by Gasteiger charge is 2.42. The van der Waals surface area contributed by atoms with E-state index >= 15 is 0 Å². The summed E-state index contributed by atoms with van der Waals surface area (Å²) >= 11 is 0. The second-order valence-corrected chi connectivity index (χ2v) is 10.5. The molecule has 186 valence electrons. The van der Waals surface area contributed by atoms with Gasteiger partial charge >= 0.3 is 0 Å². The van der Waals surface area contributed by atoms with Crippen molar-refractivity contribution in [2.24, 2.45) is 7.05 Å². The largest absolute Gasteiger partial charge is 0.350 e. The molecule has 0 bridgehead atoms. The molecule has 1 amide bonds. The molecule has 0 N–H and O–H groups in total. The number of carbonyl (C=O) groups is 1. The van der Waals surface area contributed by atoms with Crippen molar-refractivity contribution in [2.45, 2.75) is 44.1 Å². The van der Waals surface area contributed by atoms with Gasteiger partial charge in [0.05, 0.1) is 0 Å². The van der Waals surface area contributed by atoms with Gasteiger partial charge in [-0.3, -0.25) is 9.69 Å². The van der Waals surface area contributed by atoms with E-state index in [0.29, 0.717) is 6.42 Å². The smallest absolute Gasteiger partial charge is 0.222 e. The summed E-state index contributed by atoms with van der Waals surface area (Å²) in [4.78, 5) is 20.1. The van der Waals surface area contributed by atoms with Crippen molar-refractivity contribution in [3.8, 4) is 0 Å². The molecule has 0 aliphatic carbocycles. The van der Waals surface area contributed by atoms with Crippen molar-refractivity contribution in [1.82, 2.24) is 19.3 Å². The van der Waals surface area contributed by atoms with Crippen LogP contribution in [0.5, 0.6) is 0 Å². The van der Waals surface area contributed by atoms with Crippen LogP contribution in [0.15, 0.2) is 60.8 Å². The lowest BCUT2D eigenvalue weighted by atomic mass is 9.79. The number of fused-ring (bicyclic) bond motifs is 1. The first-order valence-electron chi connectivity index (χ1n) is 13.4. The van der Waals surface area contributed by atoms with Crippen LogP contribution >= 0.6 is 0 Å². The number of para-hydroxylation sites is 1. The Morgan fingerprint density at radius 2 is 1.63 bits per heavy atom. The van der Waals surface area contributed by atoms with Gasteiger partial charge in [0.15, 0.2) is 0 Å². The molecular weight excluding hydrogens is 432 g/mol. The maximum Gasteiger partial charge on any atom is 0.222 e.